The molecule has 0 heterocycles. The molecule has 0 aliphatic carbocycles. The Morgan fingerprint density at radius 3 is 2.17 bits per heavy atom. The summed E-state index contributed by atoms with van der Waals surface area (Å²) < 4.78 is 26.2. The van der Waals surface area contributed by atoms with E-state index in [2.05, 4.69) is 5.32 Å². The third-order valence-corrected chi connectivity index (χ3v) is 7.42. The SMILES string of the molecule is CCCNC(=O)[C@H](CC)N(Cc1ccc(Cl)cc1Cl)C(=O)CN(c1cc(Cl)ccc1Cl)S(C)(=O)=O. The van der Waals surface area contributed by atoms with E-state index < -0.39 is 28.5 Å². The first kappa shape index (κ1) is 29.5. The number of amides is 2. The maximum atomic E-state index is 13.6. The van der Waals surface area contributed by atoms with Gasteiger partial charge in [-0.3, -0.25) is 13.9 Å². The third kappa shape index (κ3) is 8.15. The molecule has 0 saturated heterocycles. The topological polar surface area (TPSA) is 86.8 Å². The van der Waals surface area contributed by atoms with E-state index >= 15 is 0 Å². The van der Waals surface area contributed by atoms with E-state index in [0.717, 1.165) is 10.6 Å². The number of hydrogen-bond acceptors (Lipinski definition) is 4. The zero-order chi connectivity index (χ0) is 26.3. The smallest absolute Gasteiger partial charge is 0.244 e. The number of benzene rings is 2. The Labute approximate surface area is 226 Å². The first-order chi connectivity index (χ1) is 16.4. The van der Waals surface area contributed by atoms with Crippen LogP contribution in [0.25, 0.3) is 0 Å². The van der Waals surface area contributed by atoms with Gasteiger partial charge in [0.05, 0.1) is 17.0 Å². The first-order valence-corrected chi connectivity index (χ1v) is 14.2. The molecule has 0 aliphatic heterocycles. The van der Waals surface area contributed by atoms with Crippen molar-refractivity contribution in [3.63, 3.8) is 0 Å². The Kier molecular flexibility index (Phi) is 11.0. The van der Waals surface area contributed by atoms with Gasteiger partial charge in [0.25, 0.3) is 0 Å². The summed E-state index contributed by atoms with van der Waals surface area (Å²) in [6, 6.07) is 8.27. The minimum Gasteiger partial charge on any atom is -0.354 e. The number of nitrogens with one attached hydrogen (secondary N) is 1. The van der Waals surface area contributed by atoms with Gasteiger partial charge in [-0.25, -0.2) is 8.42 Å². The molecule has 0 bridgehead atoms. The zero-order valence-corrected chi connectivity index (χ0v) is 23.4. The van der Waals surface area contributed by atoms with Crippen LogP contribution in [0.15, 0.2) is 36.4 Å². The van der Waals surface area contributed by atoms with Gasteiger partial charge in [0.2, 0.25) is 21.8 Å². The van der Waals surface area contributed by atoms with Crippen LogP contribution in [-0.4, -0.2) is 50.5 Å². The van der Waals surface area contributed by atoms with E-state index in [9.17, 15) is 18.0 Å². The summed E-state index contributed by atoms with van der Waals surface area (Å²) >= 11 is 24.6. The number of rotatable bonds is 11. The van der Waals surface area contributed by atoms with Crippen LogP contribution in [0.1, 0.15) is 32.3 Å². The highest BCUT2D eigenvalue weighted by Crippen LogP contribution is 2.31. The fourth-order valence-electron chi connectivity index (χ4n) is 3.39. The standard InChI is InChI=1S/C23H27Cl4N3O4S/c1-4-10-28-23(32)20(5-2)29(13-15-6-7-16(24)11-19(15)27)22(31)14-30(35(3,33)34)21-12-17(25)8-9-18(21)26/h6-9,11-12,20H,4-5,10,13-14H2,1-3H3,(H,28,32)/t20-/m0/s1. The lowest BCUT2D eigenvalue weighted by atomic mass is 10.1. The monoisotopic (exact) mass is 581 g/mol. The van der Waals surface area contributed by atoms with Gasteiger partial charge in [0.1, 0.15) is 12.6 Å². The highest BCUT2D eigenvalue weighted by Gasteiger charge is 2.32. The highest BCUT2D eigenvalue weighted by atomic mass is 35.5. The number of nitrogens with zero attached hydrogens (tertiary/aromatic N) is 2. The second-order valence-electron chi connectivity index (χ2n) is 7.84. The van der Waals surface area contributed by atoms with Crippen LogP contribution in [0.3, 0.4) is 0 Å². The lowest BCUT2D eigenvalue weighted by Crippen LogP contribution is -2.52. The van der Waals surface area contributed by atoms with E-state index in [4.69, 9.17) is 46.4 Å². The van der Waals surface area contributed by atoms with E-state index in [1.165, 1.54) is 29.2 Å². The van der Waals surface area contributed by atoms with Gasteiger partial charge < -0.3 is 10.2 Å². The second kappa shape index (κ2) is 13.0. The van der Waals surface area contributed by atoms with Crippen molar-refractivity contribution in [3.8, 4) is 0 Å². The van der Waals surface area contributed by atoms with Crippen LogP contribution in [0.4, 0.5) is 5.69 Å². The molecular formula is C23H27Cl4N3O4S. The average Bonchev–Trinajstić information content (AvgIpc) is 2.78. The highest BCUT2D eigenvalue weighted by molar-refractivity contribution is 7.92. The molecule has 0 aliphatic rings. The predicted molar refractivity (Wildman–Crippen MR) is 143 cm³/mol. The molecule has 2 aromatic rings. The van der Waals surface area contributed by atoms with Crippen molar-refractivity contribution in [3.05, 3.63) is 62.1 Å². The summed E-state index contributed by atoms with van der Waals surface area (Å²) in [5.41, 5.74) is 0.612. The van der Waals surface area contributed by atoms with Crippen molar-refractivity contribution < 1.29 is 18.0 Å². The Morgan fingerprint density at radius 1 is 0.971 bits per heavy atom. The fourth-order valence-corrected chi connectivity index (χ4v) is 5.15. The zero-order valence-electron chi connectivity index (χ0n) is 19.5. The van der Waals surface area contributed by atoms with Crippen LogP contribution < -0.4 is 9.62 Å². The normalized spacial score (nSPS) is 12.2. The van der Waals surface area contributed by atoms with Crippen molar-refractivity contribution in [1.82, 2.24) is 10.2 Å². The summed E-state index contributed by atoms with van der Waals surface area (Å²) in [4.78, 5) is 27.9. The Bertz CT molecular complexity index is 1180. The number of anilines is 1. The predicted octanol–water partition coefficient (Wildman–Crippen LogP) is 5.40. The van der Waals surface area contributed by atoms with Crippen LogP contribution in [-0.2, 0) is 26.2 Å². The van der Waals surface area contributed by atoms with Gasteiger partial charge >= 0.3 is 0 Å². The summed E-state index contributed by atoms with van der Waals surface area (Å²) in [6.45, 7) is 3.49. The van der Waals surface area contributed by atoms with Crippen LogP contribution in [0.2, 0.25) is 20.1 Å². The van der Waals surface area contributed by atoms with Gasteiger partial charge in [-0.15, -0.1) is 0 Å². The number of carbonyl (C=O) groups is 2. The Balaban J connectivity index is 2.50. The van der Waals surface area contributed by atoms with Gasteiger partial charge in [-0.2, -0.15) is 0 Å². The maximum Gasteiger partial charge on any atom is 0.244 e. The van der Waals surface area contributed by atoms with Crippen molar-refractivity contribution in [1.29, 1.82) is 0 Å². The molecule has 12 heteroatoms. The summed E-state index contributed by atoms with van der Waals surface area (Å²) in [7, 11) is -3.94. The average molecular weight is 583 g/mol. The molecule has 0 spiro atoms. The third-order valence-electron chi connectivity index (χ3n) is 5.15. The van der Waals surface area contributed by atoms with E-state index in [-0.39, 0.29) is 28.2 Å². The van der Waals surface area contributed by atoms with Crippen molar-refractivity contribution in [2.45, 2.75) is 39.3 Å². The minimum atomic E-state index is -3.94. The second-order valence-corrected chi connectivity index (χ2v) is 11.4. The molecule has 0 fully saturated rings. The molecule has 1 atom stereocenters. The molecule has 0 aromatic heterocycles. The fraction of sp³-hybridized carbons (Fsp3) is 0.391. The first-order valence-electron chi connectivity index (χ1n) is 10.8. The van der Waals surface area contributed by atoms with E-state index in [0.29, 0.717) is 35.0 Å². The molecule has 1 N–H and O–H groups in total. The van der Waals surface area contributed by atoms with Crippen molar-refractivity contribution in [2.75, 3.05) is 23.7 Å². The largest absolute Gasteiger partial charge is 0.354 e. The van der Waals surface area contributed by atoms with Gasteiger partial charge in [-0.05, 0) is 48.7 Å². The summed E-state index contributed by atoms with van der Waals surface area (Å²) in [6.07, 6.45) is 1.97. The van der Waals surface area contributed by atoms with Crippen molar-refractivity contribution in [2.24, 2.45) is 0 Å². The van der Waals surface area contributed by atoms with E-state index in [1.807, 2.05) is 6.92 Å². The van der Waals surface area contributed by atoms with Crippen LogP contribution in [0, 0.1) is 0 Å². The quantitative estimate of drug-likeness (QED) is 0.384. The van der Waals surface area contributed by atoms with Gasteiger partial charge in [-0.1, -0.05) is 66.3 Å². The lowest BCUT2D eigenvalue weighted by Gasteiger charge is -2.33. The van der Waals surface area contributed by atoms with Gasteiger partial charge in [0.15, 0.2) is 0 Å². The molecule has 7 nitrogen and oxygen atoms in total. The Hall–Kier alpha value is -1.71. The van der Waals surface area contributed by atoms with Gasteiger partial charge in [0, 0.05) is 28.2 Å². The molecule has 2 rings (SSSR count). The molecule has 35 heavy (non-hydrogen) atoms. The number of hydrogen-bond donors (Lipinski definition) is 1. The molecule has 0 radical (unpaired) electrons. The van der Waals surface area contributed by atoms with E-state index in [1.54, 1.807) is 19.1 Å². The molecule has 2 amide bonds. The summed E-state index contributed by atoms with van der Waals surface area (Å²) in [5.74, 6) is -0.963. The number of sulfonamides is 1. The lowest BCUT2D eigenvalue weighted by molar-refractivity contribution is -0.140. The number of halogens is 4. The molecule has 0 saturated carbocycles. The molecule has 192 valence electrons. The number of carbonyl (C=O) groups excluding carboxylic acids is 2. The van der Waals surface area contributed by atoms with Crippen LogP contribution >= 0.6 is 46.4 Å². The van der Waals surface area contributed by atoms with Crippen LogP contribution in [0.5, 0.6) is 0 Å². The van der Waals surface area contributed by atoms with Crippen molar-refractivity contribution >= 4 is 73.9 Å². The molecular weight excluding hydrogens is 556 g/mol. The Morgan fingerprint density at radius 2 is 1.60 bits per heavy atom. The molecule has 2 aromatic carbocycles. The minimum absolute atomic E-state index is 0.0340. The molecule has 0 unspecified atom stereocenters. The maximum absolute atomic E-state index is 13.6. The summed E-state index contributed by atoms with van der Waals surface area (Å²) in [5, 5.41) is 3.89.